The molecular weight excluding hydrogens is 229 g/mol. The fraction of sp³-hybridized carbons (Fsp3) is 1.00. The van der Waals surface area contributed by atoms with Crippen molar-refractivity contribution in [1.29, 1.82) is 0 Å². The number of halogens is 3. The summed E-state index contributed by atoms with van der Waals surface area (Å²) in [6.07, 6.45) is 0.102. The molecule has 17 heavy (non-hydrogen) atoms. The van der Waals surface area contributed by atoms with E-state index in [9.17, 15) is 13.2 Å². The maximum Gasteiger partial charge on any atom is 0.401 e. The molecule has 1 unspecified atom stereocenters. The van der Waals surface area contributed by atoms with Crippen molar-refractivity contribution in [3.8, 4) is 0 Å². The first-order valence-electron chi connectivity index (χ1n) is 6.42. The van der Waals surface area contributed by atoms with Crippen LogP contribution in [0.25, 0.3) is 0 Å². The van der Waals surface area contributed by atoms with Gasteiger partial charge in [-0.3, -0.25) is 4.90 Å². The second kappa shape index (κ2) is 6.59. The summed E-state index contributed by atoms with van der Waals surface area (Å²) in [5, 5.41) is 3.37. The van der Waals surface area contributed by atoms with Crippen LogP contribution in [0.15, 0.2) is 0 Å². The number of hydrogen-bond donors (Lipinski definition) is 1. The topological polar surface area (TPSA) is 15.3 Å². The second-order valence-electron chi connectivity index (χ2n) is 5.11. The van der Waals surface area contributed by atoms with Gasteiger partial charge in [0, 0.05) is 12.1 Å². The van der Waals surface area contributed by atoms with Gasteiger partial charge in [0.05, 0.1) is 6.54 Å². The molecule has 1 rings (SSSR count). The first-order chi connectivity index (χ1) is 7.88. The van der Waals surface area contributed by atoms with Crippen molar-refractivity contribution < 1.29 is 13.2 Å². The molecule has 1 N–H and O–H groups in total. The number of rotatable bonds is 6. The minimum absolute atomic E-state index is 0.0480. The van der Waals surface area contributed by atoms with Crippen molar-refractivity contribution in [2.45, 2.75) is 57.8 Å². The Kier molecular flexibility index (Phi) is 5.73. The average molecular weight is 252 g/mol. The quantitative estimate of drug-likeness (QED) is 0.782. The van der Waals surface area contributed by atoms with Crippen LogP contribution in [-0.2, 0) is 0 Å². The Labute approximate surface area is 102 Å². The van der Waals surface area contributed by atoms with E-state index in [1.54, 1.807) is 0 Å². The van der Waals surface area contributed by atoms with Crippen molar-refractivity contribution >= 4 is 0 Å². The van der Waals surface area contributed by atoms with Crippen LogP contribution in [0.1, 0.15) is 39.5 Å². The van der Waals surface area contributed by atoms with Crippen molar-refractivity contribution in [1.82, 2.24) is 10.2 Å². The molecule has 1 aliphatic heterocycles. The molecule has 0 aromatic carbocycles. The monoisotopic (exact) mass is 252 g/mol. The Bertz CT molecular complexity index is 210. The predicted molar refractivity (Wildman–Crippen MR) is 63.0 cm³/mol. The number of alkyl halides is 3. The fourth-order valence-electron chi connectivity index (χ4n) is 2.29. The van der Waals surface area contributed by atoms with Gasteiger partial charge < -0.3 is 5.32 Å². The molecule has 5 heteroatoms. The van der Waals surface area contributed by atoms with Gasteiger partial charge in [0.1, 0.15) is 0 Å². The van der Waals surface area contributed by atoms with Crippen molar-refractivity contribution in [2.75, 3.05) is 19.6 Å². The molecule has 0 aromatic rings. The minimum Gasteiger partial charge on any atom is -0.314 e. The highest BCUT2D eigenvalue weighted by molar-refractivity contribution is 4.75. The lowest BCUT2D eigenvalue weighted by Crippen LogP contribution is -2.40. The highest BCUT2D eigenvalue weighted by Crippen LogP contribution is 2.19. The smallest absolute Gasteiger partial charge is 0.314 e. The molecule has 1 fully saturated rings. The number of hydrogen-bond acceptors (Lipinski definition) is 2. The summed E-state index contributed by atoms with van der Waals surface area (Å²) in [7, 11) is 0. The third-order valence-electron chi connectivity index (χ3n) is 3.27. The van der Waals surface area contributed by atoms with Crippen LogP contribution >= 0.6 is 0 Å². The average Bonchev–Trinajstić information content (AvgIpc) is 2.67. The summed E-state index contributed by atoms with van der Waals surface area (Å²) in [6.45, 7) is 4.44. The molecule has 1 atom stereocenters. The highest BCUT2D eigenvalue weighted by Gasteiger charge is 2.31. The van der Waals surface area contributed by atoms with Crippen LogP contribution in [0.2, 0.25) is 0 Å². The van der Waals surface area contributed by atoms with Gasteiger partial charge >= 0.3 is 6.18 Å². The van der Waals surface area contributed by atoms with Gasteiger partial charge in [-0.2, -0.15) is 13.2 Å². The second-order valence-corrected chi connectivity index (χ2v) is 5.11. The van der Waals surface area contributed by atoms with E-state index in [4.69, 9.17) is 0 Å². The highest BCUT2D eigenvalue weighted by atomic mass is 19.4. The van der Waals surface area contributed by atoms with Gasteiger partial charge in [-0.15, -0.1) is 0 Å². The van der Waals surface area contributed by atoms with Crippen molar-refractivity contribution in [3.63, 3.8) is 0 Å². The third-order valence-corrected chi connectivity index (χ3v) is 3.27. The SMILES string of the molecule is CC(C)N(CCCC1CCCN1)CC(F)(F)F. The lowest BCUT2D eigenvalue weighted by molar-refractivity contribution is -0.149. The summed E-state index contributed by atoms with van der Waals surface area (Å²) in [5.74, 6) is 0. The summed E-state index contributed by atoms with van der Waals surface area (Å²) >= 11 is 0. The molecule has 0 spiro atoms. The maximum atomic E-state index is 12.3. The van der Waals surface area contributed by atoms with E-state index in [1.165, 1.54) is 17.7 Å². The number of nitrogens with zero attached hydrogens (tertiary/aromatic N) is 1. The van der Waals surface area contributed by atoms with Gasteiger partial charge in [-0.25, -0.2) is 0 Å². The summed E-state index contributed by atoms with van der Waals surface area (Å²) in [5.41, 5.74) is 0. The molecule has 102 valence electrons. The van der Waals surface area contributed by atoms with Gasteiger partial charge in [0.15, 0.2) is 0 Å². The molecule has 1 heterocycles. The molecule has 0 saturated carbocycles. The molecule has 0 aliphatic carbocycles. The summed E-state index contributed by atoms with van der Waals surface area (Å²) in [4.78, 5) is 1.51. The lowest BCUT2D eigenvalue weighted by atomic mass is 10.1. The normalized spacial score (nSPS) is 21.7. The maximum absolute atomic E-state index is 12.3. The van der Waals surface area contributed by atoms with Gasteiger partial charge in [-0.1, -0.05) is 0 Å². The summed E-state index contributed by atoms with van der Waals surface area (Å²) in [6, 6.07) is 0.475. The van der Waals surface area contributed by atoms with E-state index in [-0.39, 0.29) is 6.04 Å². The van der Waals surface area contributed by atoms with E-state index in [1.807, 2.05) is 13.8 Å². The third kappa shape index (κ3) is 6.27. The van der Waals surface area contributed by atoms with Gasteiger partial charge in [0.2, 0.25) is 0 Å². The standard InChI is InChI=1S/C12H23F3N2/c1-10(2)17(9-12(13,14)15)8-4-6-11-5-3-7-16-11/h10-11,16H,3-9H2,1-2H3. The fourth-order valence-corrected chi connectivity index (χ4v) is 2.29. The first-order valence-corrected chi connectivity index (χ1v) is 6.42. The van der Waals surface area contributed by atoms with Crippen LogP contribution in [-0.4, -0.2) is 42.8 Å². The first kappa shape index (κ1) is 14.8. The molecule has 0 bridgehead atoms. The van der Waals surface area contributed by atoms with Gasteiger partial charge in [-0.05, 0) is 52.6 Å². The zero-order valence-corrected chi connectivity index (χ0v) is 10.7. The Morgan fingerprint density at radius 3 is 2.53 bits per heavy atom. The Morgan fingerprint density at radius 2 is 2.06 bits per heavy atom. The van der Waals surface area contributed by atoms with E-state index >= 15 is 0 Å². The Hall–Kier alpha value is -0.290. The molecule has 0 amide bonds. The van der Waals surface area contributed by atoms with Crippen LogP contribution in [0.5, 0.6) is 0 Å². The molecule has 1 saturated heterocycles. The molecular formula is C12H23F3N2. The van der Waals surface area contributed by atoms with E-state index in [0.717, 1.165) is 19.4 Å². The van der Waals surface area contributed by atoms with Crippen LogP contribution in [0.3, 0.4) is 0 Å². The molecule has 0 aromatic heterocycles. The van der Waals surface area contributed by atoms with E-state index in [0.29, 0.717) is 12.6 Å². The molecule has 1 aliphatic rings. The summed E-state index contributed by atoms with van der Waals surface area (Å²) < 4.78 is 37.0. The molecule has 0 radical (unpaired) electrons. The van der Waals surface area contributed by atoms with Crippen molar-refractivity contribution in [2.24, 2.45) is 0 Å². The van der Waals surface area contributed by atoms with Crippen LogP contribution < -0.4 is 5.32 Å². The van der Waals surface area contributed by atoms with Crippen LogP contribution in [0.4, 0.5) is 13.2 Å². The predicted octanol–water partition coefficient (Wildman–Crippen LogP) is 2.79. The number of nitrogens with one attached hydrogen (secondary N) is 1. The zero-order chi connectivity index (χ0) is 12.9. The zero-order valence-electron chi connectivity index (χ0n) is 10.7. The molecule has 2 nitrogen and oxygen atoms in total. The Morgan fingerprint density at radius 1 is 1.35 bits per heavy atom. The van der Waals surface area contributed by atoms with Crippen molar-refractivity contribution in [3.05, 3.63) is 0 Å². The van der Waals surface area contributed by atoms with Crippen LogP contribution in [0, 0.1) is 0 Å². The minimum atomic E-state index is -4.09. The van der Waals surface area contributed by atoms with E-state index in [2.05, 4.69) is 5.32 Å². The van der Waals surface area contributed by atoms with E-state index < -0.39 is 12.7 Å². The van der Waals surface area contributed by atoms with Gasteiger partial charge in [0.25, 0.3) is 0 Å². The Balaban J connectivity index is 2.24. The lowest BCUT2D eigenvalue weighted by Gasteiger charge is -2.27. The largest absolute Gasteiger partial charge is 0.401 e.